The quantitative estimate of drug-likeness (QED) is 0.253. The summed E-state index contributed by atoms with van der Waals surface area (Å²) >= 11 is 0. The monoisotopic (exact) mass is 487 g/mol. The standard InChI is InChI=1S/C30H33NO5/c1-21-28(30(33)35-3)25(29(32)31(21)17-16-22-10-6-4-7-11-22)18-24-14-15-26(27(19-24)34-2)36-20-23-12-8-5-9-13-23/h5,8-10,12-15,18-19H,4,6-7,11,16-17,20H2,1-3H3/b25-18-. The molecule has 0 fully saturated rings. The van der Waals surface area contributed by atoms with Gasteiger partial charge in [0.05, 0.1) is 25.4 Å². The van der Waals surface area contributed by atoms with Crippen LogP contribution in [-0.4, -0.2) is 37.5 Å². The smallest absolute Gasteiger partial charge is 0.340 e. The van der Waals surface area contributed by atoms with Gasteiger partial charge in [-0.05, 0) is 68.4 Å². The molecule has 1 aliphatic heterocycles. The minimum atomic E-state index is -0.513. The van der Waals surface area contributed by atoms with Crippen molar-refractivity contribution in [3.05, 3.63) is 88.2 Å². The first kappa shape index (κ1) is 25.3. The zero-order valence-corrected chi connectivity index (χ0v) is 21.2. The summed E-state index contributed by atoms with van der Waals surface area (Å²) in [7, 11) is 2.91. The predicted molar refractivity (Wildman–Crippen MR) is 139 cm³/mol. The van der Waals surface area contributed by atoms with Crippen molar-refractivity contribution >= 4 is 18.0 Å². The summed E-state index contributed by atoms with van der Waals surface area (Å²) in [5.41, 5.74) is 4.43. The molecule has 0 radical (unpaired) electrons. The number of esters is 1. The first-order valence-corrected chi connectivity index (χ1v) is 12.4. The van der Waals surface area contributed by atoms with E-state index in [4.69, 9.17) is 14.2 Å². The number of carbonyl (C=O) groups excluding carboxylic acids is 2. The van der Waals surface area contributed by atoms with Crippen molar-refractivity contribution in [1.82, 2.24) is 4.90 Å². The molecule has 36 heavy (non-hydrogen) atoms. The Kier molecular flexibility index (Phi) is 8.26. The van der Waals surface area contributed by atoms with Crippen LogP contribution in [0.1, 0.15) is 50.2 Å². The topological polar surface area (TPSA) is 65.1 Å². The zero-order valence-electron chi connectivity index (χ0n) is 21.2. The Balaban J connectivity index is 1.57. The van der Waals surface area contributed by atoms with Crippen molar-refractivity contribution in [1.29, 1.82) is 0 Å². The molecule has 6 nitrogen and oxygen atoms in total. The van der Waals surface area contributed by atoms with Crippen LogP contribution in [0.2, 0.25) is 0 Å². The molecular weight excluding hydrogens is 454 g/mol. The third kappa shape index (κ3) is 5.70. The van der Waals surface area contributed by atoms with Crippen molar-refractivity contribution in [3.63, 3.8) is 0 Å². The lowest BCUT2D eigenvalue weighted by Gasteiger charge is -2.20. The third-order valence-corrected chi connectivity index (χ3v) is 6.68. The Morgan fingerprint density at radius 1 is 1.06 bits per heavy atom. The van der Waals surface area contributed by atoms with Crippen LogP contribution in [0.5, 0.6) is 11.5 Å². The second kappa shape index (κ2) is 11.8. The fourth-order valence-electron chi connectivity index (χ4n) is 4.68. The Labute approximate surface area is 212 Å². The molecule has 0 aromatic heterocycles. The molecule has 0 bridgehead atoms. The highest BCUT2D eigenvalue weighted by Gasteiger charge is 2.36. The van der Waals surface area contributed by atoms with Crippen LogP contribution in [0.4, 0.5) is 0 Å². The van der Waals surface area contributed by atoms with Gasteiger partial charge in [-0.1, -0.05) is 48.0 Å². The Hall–Kier alpha value is -3.80. The lowest BCUT2D eigenvalue weighted by atomic mass is 9.97. The number of hydrogen-bond donors (Lipinski definition) is 0. The van der Waals surface area contributed by atoms with Gasteiger partial charge in [0.25, 0.3) is 5.91 Å². The summed E-state index contributed by atoms with van der Waals surface area (Å²) in [5.74, 6) is 0.449. The third-order valence-electron chi connectivity index (χ3n) is 6.68. The van der Waals surface area contributed by atoms with Gasteiger partial charge in [0.1, 0.15) is 6.61 Å². The minimum absolute atomic E-state index is 0.187. The van der Waals surface area contributed by atoms with Gasteiger partial charge in [-0.15, -0.1) is 0 Å². The number of carbonyl (C=O) groups is 2. The van der Waals surface area contributed by atoms with E-state index in [0.29, 0.717) is 41.5 Å². The second-order valence-electron chi connectivity index (χ2n) is 9.01. The molecule has 1 aliphatic carbocycles. The molecule has 2 aromatic carbocycles. The summed E-state index contributed by atoms with van der Waals surface area (Å²) in [6, 6.07) is 15.4. The van der Waals surface area contributed by atoms with E-state index in [9.17, 15) is 9.59 Å². The largest absolute Gasteiger partial charge is 0.493 e. The minimum Gasteiger partial charge on any atom is -0.493 e. The number of rotatable bonds is 9. The highest BCUT2D eigenvalue weighted by Crippen LogP contribution is 2.35. The summed E-state index contributed by atoms with van der Waals surface area (Å²) < 4.78 is 16.5. The highest BCUT2D eigenvalue weighted by atomic mass is 16.5. The number of amides is 1. The van der Waals surface area contributed by atoms with Crippen molar-refractivity contribution in [2.75, 3.05) is 20.8 Å². The second-order valence-corrected chi connectivity index (χ2v) is 9.01. The van der Waals surface area contributed by atoms with Crippen LogP contribution in [0.3, 0.4) is 0 Å². The molecule has 6 heteroatoms. The summed E-state index contributed by atoms with van der Waals surface area (Å²) in [6.45, 7) is 2.77. The molecule has 1 amide bonds. The number of allylic oxidation sites excluding steroid dienone is 2. The zero-order chi connectivity index (χ0) is 25.5. The number of nitrogens with zero attached hydrogens (tertiary/aromatic N) is 1. The maximum absolute atomic E-state index is 13.4. The van der Waals surface area contributed by atoms with Crippen LogP contribution in [0.15, 0.2) is 77.0 Å². The Morgan fingerprint density at radius 2 is 1.86 bits per heavy atom. The van der Waals surface area contributed by atoms with Gasteiger partial charge in [0, 0.05) is 12.2 Å². The fraction of sp³-hybridized carbons (Fsp3) is 0.333. The molecule has 188 valence electrons. The SMILES string of the molecule is COC(=O)C1=C(C)N(CCC2=CCCCC2)C(=O)/C1=C\c1ccc(OCc2ccccc2)c(OC)c1. The predicted octanol–water partition coefficient (Wildman–Crippen LogP) is 5.84. The summed E-state index contributed by atoms with van der Waals surface area (Å²) in [4.78, 5) is 27.8. The lowest BCUT2D eigenvalue weighted by Crippen LogP contribution is -2.26. The average molecular weight is 488 g/mol. The Morgan fingerprint density at radius 3 is 2.56 bits per heavy atom. The van der Waals surface area contributed by atoms with E-state index in [-0.39, 0.29) is 5.91 Å². The molecule has 2 aromatic rings. The summed E-state index contributed by atoms with van der Waals surface area (Å²) in [5, 5.41) is 0. The molecule has 0 atom stereocenters. The van der Waals surface area contributed by atoms with E-state index < -0.39 is 5.97 Å². The molecule has 0 saturated carbocycles. The van der Waals surface area contributed by atoms with Crippen molar-refractivity contribution in [2.45, 2.75) is 45.6 Å². The molecule has 0 unspecified atom stereocenters. The van der Waals surface area contributed by atoms with Crippen LogP contribution in [0, 0.1) is 0 Å². The van der Waals surface area contributed by atoms with Crippen molar-refractivity contribution < 1.29 is 23.8 Å². The molecule has 0 saturated heterocycles. The molecule has 1 heterocycles. The molecule has 2 aliphatic rings. The average Bonchev–Trinajstić information content (AvgIpc) is 3.15. The van der Waals surface area contributed by atoms with Gasteiger partial charge in [0.15, 0.2) is 11.5 Å². The van der Waals surface area contributed by atoms with Gasteiger partial charge in [-0.3, -0.25) is 4.79 Å². The molecule has 0 N–H and O–H groups in total. The van der Waals surface area contributed by atoms with Gasteiger partial charge in [0.2, 0.25) is 0 Å². The number of benzene rings is 2. The Bertz CT molecular complexity index is 1210. The van der Waals surface area contributed by atoms with Gasteiger partial charge >= 0.3 is 5.97 Å². The molecule has 4 rings (SSSR count). The maximum atomic E-state index is 13.4. The molecular formula is C30H33NO5. The van der Waals surface area contributed by atoms with E-state index in [1.165, 1.54) is 25.5 Å². The van der Waals surface area contributed by atoms with E-state index >= 15 is 0 Å². The number of methoxy groups -OCH3 is 2. The molecule has 0 spiro atoms. The van der Waals surface area contributed by atoms with Crippen LogP contribution >= 0.6 is 0 Å². The fourth-order valence-corrected chi connectivity index (χ4v) is 4.68. The van der Waals surface area contributed by atoms with Crippen LogP contribution in [0.25, 0.3) is 6.08 Å². The van der Waals surface area contributed by atoms with Gasteiger partial charge in [-0.2, -0.15) is 0 Å². The van der Waals surface area contributed by atoms with Gasteiger partial charge in [-0.25, -0.2) is 4.79 Å². The van der Waals surface area contributed by atoms with Crippen molar-refractivity contribution in [2.24, 2.45) is 0 Å². The first-order chi connectivity index (χ1) is 17.5. The van der Waals surface area contributed by atoms with E-state index in [1.807, 2.05) is 42.5 Å². The van der Waals surface area contributed by atoms with Crippen LogP contribution in [-0.2, 0) is 20.9 Å². The van der Waals surface area contributed by atoms with E-state index in [0.717, 1.165) is 30.4 Å². The van der Waals surface area contributed by atoms with E-state index in [1.54, 1.807) is 31.1 Å². The lowest BCUT2D eigenvalue weighted by molar-refractivity contribution is -0.136. The van der Waals surface area contributed by atoms with Crippen LogP contribution < -0.4 is 9.47 Å². The highest BCUT2D eigenvalue weighted by molar-refractivity contribution is 6.16. The van der Waals surface area contributed by atoms with Gasteiger partial charge < -0.3 is 19.1 Å². The number of ether oxygens (including phenoxy) is 3. The summed E-state index contributed by atoms with van der Waals surface area (Å²) in [6.07, 6.45) is 9.42. The normalized spacial score (nSPS) is 16.9. The maximum Gasteiger partial charge on any atom is 0.340 e. The van der Waals surface area contributed by atoms with Crippen molar-refractivity contribution in [3.8, 4) is 11.5 Å². The first-order valence-electron chi connectivity index (χ1n) is 12.4. The number of hydrogen-bond acceptors (Lipinski definition) is 5. The van der Waals surface area contributed by atoms with E-state index in [2.05, 4.69) is 6.08 Å².